The molecule has 19 heavy (non-hydrogen) atoms. The number of piperazine rings is 1. The Morgan fingerprint density at radius 1 is 1.42 bits per heavy atom. The molecule has 2 rings (SSSR count). The average molecular weight is 284 g/mol. The molecule has 1 amide bonds. The minimum atomic E-state index is -0.559. The number of hydrogen-bond acceptors (Lipinski definition) is 4. The smallest absolute Gasteiger partial charge is 0.240 e. The molecule has 1 heterocycles. The molecule has 3 N–H and O–H groups in total. The Bertz CT molecular complexity index is 424. The highest BCUT2D eigenvalue weighted by molar-refractivity contribution is 6.18. The fourth-order valence-corrected chi connectivity index (χ4v) is 2.04. The molecular formula is C13H18ClN3O2. The zero-order valence-corrected chi connectivity index (χ0v) is 11.4. The van der Waals surface area contributed by atoms with E-state index in [1.54, 1.807) is 4.90 Å². The van der Waals surface area contributed by atoms with Gasteiger partial charge in [-0.15, -0.1) is 11.6 Å². The third-order valence-corrected chi connectivity index (χ3v) is 3.34. The number of aliphatic hydroxyl groups is 1. The zero-order chi connectivity index (χ0) is 13.7. The lowest BCUT2D eigenvalue weighted by atomic mass is 10.2. The number of amides is 1. The SMILES string of the molecule is O=C1CNCCN1c1ccc(NCC(O)CCl)cc1. The van der Waals surface area contributed by atoms with Gasteiger partial charge in [0, 0.05) is 31.0 Å². The fraction of sp³-hybridized carbons (Fsp3) is 0.462. The molecule has 0 aromatic heterocycles. The van der Waals surface area contributed by atoms with Gasteiger partial charge in [0.15, 0.2) is 0 Å². The summed E-state index contributed by atoms with van der Waals surface area (Å²) in [6.07, 6.45) is -0.559. The van der Waals surface area contributed by atoms with Crippen LogP contribution in [0.5, 0.6) is 0 Å². The first-order chi connectivity index (χ1) is 9.20. The normalized spacial score (nSPS) is 17.4. The molecule has 1 atom stereocenters. The lowest BCUT2D eigenvalue weighted by molar-refractivity contribution is -0.118. The van der Waals surface area contributed by atoms with Crippen molar-refractivity contribution >= 4 is 28.9 Å². The second-order valence-corrected chi connectivity index (χ2v) is 4.77. The van der Waals surface area contributed by atoms with Crippen molar-refractivity contribution in [1.82, 2.24) is 5.32 Å². The van der Waals surface area contributed by atoms with E-state index >= 15 is 0 Å². The summed E-state index contributed by atoms with van der Waals surface area (Å²) in [6, 6.07) is 7.59. The minimum Gasteiger partial charge on any atom is -0.390 e. The monoisotopic (exact) mass is 283 g/mol. The van der Waals surface area contributed by atoms with Gasteiger partial charge in [0.05, 0.1) is 18.5 Å². The molecule has 1 aromatic carbocycles. The third kappa shape index (κ3) is 3.83. The topological polar surface area (TPSA) is 64.6 Å². The van der Waals surface area contributed by atoms with Crippen LogP contribution >= 0.6 is 11.6 Å². The summed E-state index contributed by atoms with van der Waals surface area (Å²) < 4.78 is 0. The molecule has 0 bridgehead atoms. The quantitative estimate of drug-likeness (QED) is 0.694. The standard InChI is InChI=1S/C13H18ClN3O2/c14-7-12(18)8-16-10-1-3-11(4-2-10)17-6-5-15-9-13(17)19/h1-4,12,15-16,18H,5-9H2. The molecule has 0 saturated carbocycles. The van der Waals surface area contributed by atoms with Crippen LogP contribution in [0, 0.1) is 0 Å². The highest BCUT2D eigenvalue weighted by Gasteiger charge is 2.18. The molecule has 0 radical (unpaired) electrons. The molecule has 1 aliphatic heterocycles. The molecule has 1 aliphatic rings. The van der Waals surface area contributed by atoms with Crippen molar-refractivity contribution in [1.29, 1.82) is 0 Å². The van der Waals surface area contributed by atoms with Gasteiger partial charge in [-0.25, -0.2) is 0 Å². The molecular weight excluding hydrogens is 266 g/mol. The number of rotatable bonds is 5. The molecule has 1 saturated heterocycles. The summed E-state index contributed by atoms with van der Waals surface area (Å²) in [7, 11) is 0. The van der Waals surface area contributed by atoms with Gasteiger partial charge in [0.1, 0.15) is 0 Å². The summed E-state index contributed by atoms with van der Waals surface area (Å²) in [5, 5.41) is 15.5. The van der Waals surface area contributed by atoms with E-state index in [1.165, 1.54) is 0 Å². The van der Waals surface area contributed by atoms with Crippen molar-refractivity contribution < 1.29 is 9.90 Å². The van der Waals surface area contributed by atoms with Crippen molar-refractivity contribution in [2.45, 2.75) is 6.10 Å². The van der Waals surface area contributed by atoms with Gasteiger partial charge in [-0.3, -0.25) is 4.79 Å². The van der Waals surface area contributed by atoms with Gasteiger partial charge in [0.25, 0.3) is 0 Å². The highest BCUT2D eigenvalue weighted by Crippen LogP contribution is 2.18. The van der Waals surface area contributed by atoms with Crippen LogP contribution in [0.4, 0.5) is 11.4 Å². The zero-order valence-electron chi connectivity index (χ0n) is 10.6. The van der Waals surface area contributed by atoms with Gasteiger partial charge >= 0.3 is 0 Å². The van der Waals surface area contributed by atoms with Crippen LogP contribution in [-0.2, 0) is 4.79 Å². The van der Waals surface area contributed by atoms with Gasteiger partial charge in [-0.1, -0.05) is 0 Å². The van der Waals surface area contributed by atoms with Gasteiger partial charge in [-0.05, 0) is 24.3 Å². The Morgan fingerprint density at radius 2 is 2.16 bits per heavy atom. The third-order valence-electron chi connectivity index (χ3n) is 2.99. The number of alkyl halides is 1. The molecule has 0 aliphatic carbocycles. The van der Waals surface area contributed by atoms with Crippen LogP contribution in [0.25, 0.3) is 0 Å². The highest BCUT2D eigenvalue weighted by atomic mass is 35.5. The first-order valence-corrected chi connectivity index (χ1v) is 6.83. The largest absolute Gasteiger partial charge is 0.390 e. The number of halogens is 1. The number of aliphatic hydroxyl groups excluding tert-OH is 1. The summed E-state index contributed by atoms with van der Waals surface area (Å²) in [5.41, 5.74) is 1.80. The van der Waals surface area contributed by atoms with Crippen molar-refractivity contribution in [2.24, 2.45) is 0 Å². The molecule has 5 nitrogen and oxygen atoms in total. The summed E-state index contributed by atoms with van der Waals surface area (Å²) in [5.74, 6) is 0.296. The van der Waals surface area contributed by atoms with E-state index in [4.69, 9.17) is 11.6 Å². The van der Waals surface area contributed by atoms with Gasteiger partial charge in [0.2, 0.25) is 5.91 Å². The summed E-state index contributed by atoms with van der Waals surface area (Å²) >= 11 is 5.52. The minimum absolute atomic E-state index is 0.0875. The Balaban J connectivity index is 1.95. The maximum atomic E-state index is 11.7. The van der Waals surface area contributed by atoms with Crippen LogP contribution in [0.2, 0.25) is 0 Å². The van der Waals surface area contributed by atoms with Crippen LogP contribution in [-0.4, -0.2) is 49.2 Å². The second kappa shape index (κ2) is 6.75. The summed E-state index contributed by atoms with van der Waals surface area (Å²) in [4.78, 5) is 13.5. The molecule has 1 aromatic rings. The molecule has 1 unspecified atom stereocenters. The first-order valence-electron chi connectivity index (χ1n) is 6.30. The average Bonchev–Trinajstić information content (AvgIpc) is 2.46. The Hall–Kier alpha value is -1.30. The van der Waals surface area contributed by atoms with Crippen molar-refractivity contribution in [3.63, 3.8) is 0 Å². The number of benzene rings is 1. The second-order valence-electron chi connectivity index (χ2n) is 4.46. The Morgan fingerprint density at radius 3 is 2.79 bits per heavy atom. The fourth-order valence-electron chi connectivity index (χ4n) is 1.93. The van der Waals surface area contributed by atoms with Gasteiger partial charge < -0.3 is 20.6 Å². The predicted molar refractivity (Wildman–Crippen MR) is 76.9 cm³/mol. The Kier molecular flexibility index (Phi) is 5.01. The van der Waals surface area contributed by atoms with E-state index < -0.39 is 6.10 Å². The maximum Gasteiger partial charge on any atom is 0.240 e. The van der Waals surface area contributed by atoms with Crippen molar-refractivity contribution in [2.75, 3.05) is 42.3 Å². The van der Waals surface area contributed by atoms with E-state index in [1.807, 2.05) is 24.3 Å². The number of hydrogen-bond donors (Lipinski definition) is 3. The number of anilines is 2. The summed E-state index contributed by atoms with van der Waals surface area (Å²) in [6.45, 7) is 2.31. The number of nitrogens with one attached hydrogen (secondary N) is 2. The number of nitrogens with zero attached hydrogens (tertiary/aromatic N) is 1. The lowest BCUT2D eigenvalue weighted by Gasteiger charge is -2.27. The van der Waals surface area contributed by atoms with E-state index in [0.29, 0.717) is 19.6 Å². The van der Waals surface area contributed by atoms with Gasteiger partial charge in [-0.2, -0.15) is 0 Å². The lowest BCUT2D eigenvalue weighted by Crippen LogP contribution is -2.48. The van der Waals surface area contributed by atoms with Crippen LogP contribution < -0.4 is 15.5 Å². The van der Waals surface area contributed by atoms with Crippen LogP contribution in [0.3, 0.4) is 0 Å². The van der Waals surface area contributed by atoms with E-state index in [-0.39, 0.29) is 11.8 Å². The molecule has 104 valence electrons. The van der Waals surface area contributed by atoms with Crippen molar-refractivity contribution in [3.8, 4) is 0 Å². The van der Waals surface area contributed by atoms with E-state index in [0.717, 1.165) is 17.9 Å². The van der Waals surface area contributed by atoms with E-state index in [9.17, 15) is 9.90 Å². The predicted octanol–water partition coefficient (Wildman–Crippen LogP) is 0.634. The van der Waals surface area contributed by atoms with Crippen LogP contribution in [0.1, 0.15) is 0 Å². The van der Waals surface area contributed by atoms with Crippen molar-refractivity contribution in [3.05, 3.63) is 24.3 Å². The molecule has 6 heteroatoms. The Labute approximate surface area is 117 Å². The number of carbonyl (C=O) groups excluding carboxylic acids is 1. The van der Waals surface area contributed by atoms with Crippen LogP contribution in [0.15, 0.2) is 24.3 Å². The first kappa shape index (κ1) is 14.1. The maximum absolute atomic E-state index is 11.7. The molecule has 1 fully saturated rings. The van der Waals surface area contributed by atoms with E-state index in [2.05, 4.69) is 10.6 Å². The molecule has 0 spiro atoms. The number of carbonyl (C=O) groups is 1.